The molecule has 0 spiro atoms. The Balaban J connectivity index is 1.90. The lowest BCUT2D eigenvalue weighted by Gasteiger charge is -2.10. The summed E-state index contributed by atoms with van der Waals surface area (Å²) in [5.41, 5.74) is 1.79. The summed E-state index contributed by atoms with van der Waals surface area (Å²) in [4.78, 5) is 12.1. The van der Waals surface area contributed by atoms with E-state index in [1.165, 1.54) is 14.2 Å². The zero-order valence-electron chi connectivity index (χ0n) is 13.9. The molecule has 0 aliphatic heterocycles. The van der Waals surface area contributed by atoms with Crippen LogP contribution in [0.15, 0.2) is 36.4 Å². The van der Waals surface area contributed by atoms with Crippen LogP contribution in [0.3, 0.4) is 0 Å². The first-order valence-corrected chi connectivity index (χ1v) is 7.77. The average molecular weight is 330 g/mol. The van der Waals surface area contributed by atoms with Gasteiger partial charge in [-0.1, -0.05) is 12.1 Å². The second kappa shape index (κ2) is 8.24. The molecule has 24 heavy (non-hydrogen) atoms. The number of Topliss-reactive ketones (excluding diaryl/α,β-unsaturated/α-hetero) is 1. The third-order valence-corrected chi connectivity index (χ3v) is 3.89. The van der Waals surface area contributed by atoms with E-state index in [9.17, 15) is 15.0 Å². The highest BCUT2D eigenvalue weighted by Crippen LogP contribution is 2.26. The molecule has 0 saturated heterocycles. The van der Waals surface area contributed by atoms with E-state index in [4.69, 9.17) is 9.47 Å². The third kappa shape index (κ3) is 4.65. The van der Waals surface area contributed by atoms with Gasteiger partial charge in [0.05, 0.1) is 14.2 Å². The number of benzene rings is 2. The molecule has 0 heterocycles. The number of carbonyl (C=O) groups excluding carboxylic acids is 1. The zero-order valence-corrected chi connectivity index (χ0v) is 13.9. The van der Waals surface area contributed by atoms with Crippen LogP contribution in [0, 0.1) is 0 Å². The molecule has 0 radical (unpaired) electrons. The van der Waals surface area contributed by atoms with Crippen molar-refractivity contribution in [1.82, 2.24) is 0 Å². The molecule has 128 valence electrons. The lowest BCUT2D eigenvalue weighted by atomic mass is 10.0. The quantitative estimate of drug-likeness (QED) is 0.777. The van der Waals surface area contributed by atoms with Crippen LogP contribution < -0.4 is 9.47 Å². The Morgan fingerprint density at radius 3 is 1.62 bits per heavy atom. The number of ketones is 1. The van der Waals surface area contributed by atoms with Gasteiger partial charge in [0.1, 0.15) is 28.8 Å². The van der Waals surface area contributed by atoms with Crippen molar-refractivity contribution in [2.45, 2.75) is 25.7 Å². The summed E-state index contributed by atoms with van der Waals surface area (Å²) in [5, 5.41) is 18.9. The Morgan fingerprint density at radius 2 is 1.25 bits per heavy atom. The molecule has 0 aromatic heterocycles. The van der Waals surface area contributed by atoms with Gasteiger partial charge in [0, 0.05) is 25.0 Å². The molecule has 0 saturated carbocycles. The largest absolute Gasteiger partial charge is 0.508 e. The van der Waals surface area contributed by atoms with E-state index in [0.717, 1.165) is 11.1 Å². The fourth-order valence-corrected chi connectivity index (χ4v) is 2.55. The highest BCUT2D eigenvalue weighted by atomic mass is 16.5. The fraction of sp³-hybridized carbons (Fsp3) is 0.316. The van der Waals surface area contributed by atoms with E-state index in [1.54, 1.807) is 36.4 Å². The van der Waals surface area contributed by atoms with Gasteiger partial charge in [-0.15, -0.1) is 0 Å². The number of aromatic hydroxyl groups is 2. The molecule has 0 fully saturated rings. The first-order valence-electron chi connectivity index (χ1n) is 7.77. The summed E-state index contributed by atoms with van der Waals surface area (Å²) < 4.78 is 10.4. The highest BCUT2D eigenvalue weighted by molar-refractivity contribution is 5.79. The van der Waals surface area contributed by atoms with Crippen molar-refractivity contribution >= 4 is 5.78 Å². The van der Waals surface area contributed by atoms with E-state index < -0.39 is 0 Å². The van der Waals surface area contributed by atoms with Gasteiger partial charge in [0.2, 0.25) is 0 Å². The SMILES string of the molecule is COc1cc(O)ccc1CCC(=O)CCc1ccc(O)cc1OC. The molecule has 0 aliphatic carbocycles. The second-order valence-corrected chi connectivity index (χ2v) is 5.53. The predicted molar refractivity (Wildman–Crippen MR) is 91.0 cm³/mol. The first-order chi connectivity index (χ1) is 11.5. The molecule has 0 aliphatic rings. The Kier molecular flexibility index (Phi) is 6.07. The van der Waals surface area contributed by atoms with Crippen molar-refractivity contribution in [2.75, 3.05) is 14.2 Å². The number of hydrogen-bond donors (Lipinski definition) is 2. The van der Waals surface area contributed by atoms with E-state index in [2.05, 4.69) is 0 Å². The Bertz CT molecular complexity index is 649. The number of ether oxygens (including phenoxy) is 2. The lowest BCUT2D eigenvalue weighted by Crippen LogP contribution is -2.04. The number of rotatable bonds is 8. The van der Waals surface area contributed by atoms with E-state index in [1.807, 2.05) is 0 Å². The molecular weight excluding hydrogens is 308 g/mol. The van der Waals surface area contributed by atoms with Gasteiger partial charge in [-0.25, -0.2) is 0 Å². The molecule has 0 bridgehead atoms. The van der Waals surface area contributed by atoms with Crippen molar-refractivity contribution < 1.29 is 24.5 Å². The predicted octanol–water partition coefficient (Wildman–Crippen LogP) is 3.25. The normalized spacial score (nSPS) is 10.4. The summed E-state index contributed by atoms with van der Waals surface area (Å²) in [5.74, 6) is 1.59. The fourth-order valence-electron chi connectivity index (χ4n) is 2.55. The van der Waals surface area contributed by atoms with Crippen LogP contribution in [0.2, 0.25) is 0 Å². The van der Waals surface area contributed by atoms with Gasteiger partial charge >= 0.3 is 0 Å². The van der Waals surface area contributed by atoms with Gasteiger partial charge in [0.25, 0.3) is 0 Å². The number of phenols is 2. The van der Waals surface area contributed by atoms with E-state index >= 15 is 0 Å². The Hall–Kier alpha value is -2.69. The Labute approximate surface area is 141 Å². The number of hydrogen-bond acceptors (Lipinski definition) is 5. The van der Waals surface area contributed by atoms with Crippen LogP contribution >= 0.6 is 0 Å². The Morgan fingerprint density at radius 1 is 0.833 bits per heavy atom. The maximum Gasteiger partial charge on any atom is 0.133 e. The minimum absolute atomic E-state index is 0.139. The topological polar surface area (TPSA) is 76.0 Å². The number of carbonyl (C=O) groups is 1. The maximum atomic E-state index is 12.1. The number of aryl methyl sites for hydroxylation is 2. The van der Waals surface area contributed by atoms with Gasteiger partial charge in [-0.3, -0.25) is 4.79 Å². The molecule has 2 rings (SSSR count). The van der Waals surface area contributed by atoms with Gasteiger partial charge in [-0.2, -0.15) is 0 Å². The first kappa shape index (κ1) is 17.7. The van der Waals surface area contributed by atoms with Crippen LogP contribution in [0.5, 0.6) is 23.0 Å². The molecule has 2 aromatic rings. The summed E-state index contributed by atoms with van der Waals surface area (Å²) in [6.07, 6.45) is 1.94. The third-order valence-electron chi connectivity index (χ3n) is 3.89. The van der Waals surface area contributed by atoms with Crippen molar-refractivity contribution in [3.05, 3.63) is 47.5 Å². The molecular formula is C19H22O5. The zero-order chi connectivity index (χ0) is 17.5. The maximum absolute atomic E-state index is 12.1. The van der Waals surface area contributed by atoms with E-state index in [-0.39, 0.29) is 17.3 Å². The summed E-state index contributed by atoms with van der Waals surface area (Å²) >= 11 is 0. The van der Waals surface area contributed by atoms with Crippen molar-refractivity contribution in [2.24, 2.45) is 0 Å². The molecule has 0 amide bonds. The van der Waals surface area contributed by atoms with Crippen LogP contribution in [0.25, 0.3) is 0 Å². The lowest BCUT2D eigenvalue weighted by molar-refractivity contribution is -0.119. The summed E-state index contributed by atoms with van der Waals surface area (Å²) in [6, 6.07) is 9.80. The van der Waals surface area contributed by atoms with Gasteiger partial charge in [0.15, 0.2) is 0 Å². The minimum Gasteiger partial charge on any atom is -0.508 e. The number of methoxy groups -OCH3 is 2. The monoisotopic (exact) mass is 330 g/mol. The summed E-state index contributed by atoms with van der Waals surface area (Å²) in [7, 11) is 3.08. The van der Waals surface area contributed by atoms with Crippen molar-refractivity contribution in [3.63, 3.8) is 0 Å². The summed E-state index contributed by atoms with van der Waals surface area (Å²) in [6.45, 7) is 0. The highest BCUT2D eigenvalue weighted by Gasteiger charge is 2.10. The number of phenolic OH excluding ortho intramolecular Hbond substituents is 2. The van der Waals surface area contributed by atoms with E-state index in [0.29, 0.717) is 37.2 Å². The molecule has 0 unspecified atom stereocenters. The molecule has 5 heteroatoms. The van der Waals surface area contributed by atoms with Crippen LogP contribution in [-0.2, 0) is 17.6 Å². The van der Waals surface area contributed by atoms with Crippen molar-refractivity contribution in [3.8, 4) is 23.0 Å². The average Bonchev–Trinajstić information content (AvgIpc) is 2.59. The standard InChI is InChI=1S/C19H22O5/c1-23-18-11-16(21)9-5-13(18)3-7-15(20)8-4-14-6-10-17(22)12-19(14)24-2/h5-6,9-12,21-22H,3-4,7-8H2,1-2H3. The van der Waals surface area contributed by atoms with Crippen molar-refractivity contribution in [1.29, 1.82) is 0 Å². The van der Waals surface area contributed by atoms with Gasteiger partial charge < -0.3 is 19.7 Å². The molecule has 5 nitrogen and oxygen atoms in total. The van der Waals surface area contributed by atoms with Crippen LogP contribution in [0.4, 0.5) is 0 Å². The van der Waals surface area contributed by atoms with Crippen LogP contribution in [0.1, 0.15) is 24.0 Å². The van der Waals surface area contributed by atoms with Gasteiger partial charge in [-0.05, 0) is 36.1 Å². The molecule has 2 N–H and O–H groups in total. The second-order valence-electron chi connectivity index (χ2n) is 5.53. The smallest absolute Gasteiger partial charge is 0.133 e. The molecule has 2 aromatic carbocycles. The minimum atomic E-state index is 0.139. The molecule has 0 atom stereocenters. The van der Waals surface area contributed by atoms with Crippen LogP contribution in [-0.4, -0.2) is 30.2 Å².